The average molecular weight is 278 g/mol. The number of hydrogen-bond acceptors (Lipinski definition) is 5. The van der Waals surface area contributed by atoms with Gasteiger partial charge in [-0.2, -0.15) is 5.10 Å². The summed E-state index contributed by atoms with van der Waals surface area (Å²) in [6.45, 7) is 6.24. The van der Waals surface area contributed by atoms with E-state index in [0.717, 1.165) is 36.7 Å². The van der Waals surface area contributed by atoms with Crippen LogP contribution in [-0.4, -0.2) is 41.3 Å². The van der Waals surface area contributed by atoms with E-state index >= 15 is 0 Å². The third kappa shape index (κ3) is 3.46. The van der Waals surface area contributed by atoms with Crippen LogP contribution in [0.2, 0.25) is 0 Å². The molecule has 0 atom stereocenters. The van der Waals surface area contributed by atoms with Crippen LogP contribution in [0.4, 0.5) is 0 Å². The van der Waals surface area contributed by atoms with Crippen molar-refractivity contribution in [3.05, 3.63) is 16.8 Å². The lowest BCUT2D eigenvalue weighted by molar-refractivity contribution is 0.223. The van der Waals surface area contributed by atoms with Crippen LogP contribution in [0.5, 0.6) is 5.88 Å². The largest absolute Gasteiger partial charge is 0.475 e. The molecule has 2 rings (SSSR count). The number of hydrogen-bond donors (Lipinski definition) is 1. The Labute approximate surface area is 121 Å². The van der Waals surface area contributed by atoms with Crippen molar-refractivity contribution < 1.29 is 4.74 Å². The molecule has 1 fully saturated rings. The molecule has 0 amide bonds. The summed E-state index contributed by atoms with van der Waals surface area (Å²) in [5.41, 5.74) is 9.15. The summed E-state index contributed by atoms with van der Waals surface area (Å²) in [6.07, 6.45) is 4.43. The van der Waals surface area contributed by atoms with Gasteiger partial charge in [0.25, 0.3) is 0 Å². The Bertz CT molecular complexity index is 446. The van der Waals surface area contributed by atoms with Gasteiger partial charge < -0.3 is 15.4 Å². The van der Waals surface area contributed by atoms with Gasteiger partial charge in [0.2, 0.25) is 5.88 Å². The summed E-state index contributed by atoms with van der Waals surface area (Å²) in [5.74, 6) is 0.616. The second kappa shape index (κ2) is 6.99. The second-order valence-electron chi connectivity index (χ2n) is 5.38. The number of ether oxygens (including phenoxy) is 1. The summed E-state index contributed by atoms with van der Waals surface area (Å²) in [7, 11) is 2.15. The smallest absolute Gasteiger partial charge is 0.238 e. The summed E-state index contributed by atoms with van der Waals surface area (Å²) >= 11 is 0. The lowest BCUT2D eigenvalue weighted by Crippen LogP contribution is -2.26. The van der Waals surface area contributed by atoms with Crippen LogP contribution in [0, 0.1) is 0 Å². The average Bonchev–Trinajstić information content (AvgIpc) is 3.30. The molecule has 0 bridgehead atoms. The van der Waals surface area contributed by atoms with Crippen LogP contribution in [0.15, 0.2) is 0 Å². The number of likely N-dealkylation sites (N-methyl/N-ethyl adjacent to an activating group) is 1. The maximum atomic E-state index is 5.88. The summed E-state index contributed by atoms with van der Waals surface area (Å²) in [5, 5.41) is 8.49. The highest BCUT2D eigenvalue weighted by Crippen LogP contribution is 2.25. The number of rotatable bonds is 8. The Hall–Kier alpha value is -1.20. The van der Waals surface area contributed by atoms with Crippen LogP contribution < -0.4 is 10.5 Å². The minimum Gasteiger partial charge on any atom is -0.475 e. The minimum atomic E-state index is 0.458. The van der Waals surface area contributed by atoms with Gasteiger partial charge in [0.15, 0.2) is 0 Å². The van der Waals surface area contributed by atoms with Crippen molar-refractivity contribution in [2.45, 2.75) is 52.1 Å². The van der Waals surface area contributed by atoms with Gasteiger partial charge >= 0.3 is 0 Å². The molecule has 5 heteroatoms. The van der Waals surface area contributed by atoms with Crippen LogP contribution in [0.3, 0.4) is 0 Å². The maximum Gasteiger partial charge on any atom is 0.238 e. The van der Waals surface area contributed by atoms with E-state index < -0.39 is 0 Å². The highest BCUT2D eigenvalue weighted by Gasteiger charge is 2.25. The Kier molecular flexibility index (Phi) is 5.31. The molecule has 1 heterocycles. The lowest BCUT2D eigenvalue weighted by atomic mass is 10.0. The van der Waals surface area contributed by atoms with Crippen molar-refractivity contribution in [3.8, 4) is 5.88 Å². The van der Waals surface area contributed by atoms with E-state index in [1.54, 1.807) is 0 Å². The zero-order valence-electron chi connectivity index (χ0n) is 12.9. The molecular formula is C15H26N4O. The summed E-state index contributed by atoms with van der Waals surface area (Å²) in [4.78, 5) is 2.34. The van der Waals surface area contributed by atoms with Crippen LogP contribution in [-0.2, 0) is 19.4 Å². The Morgan fingerprint density at radius 2 is 1.95 bits per heavy atom. The predicted octanol–water partition coefficient (Wildman–Crippen LogP) is 1.53. The molecule has 0 aromatic carbocycles. The molecule has 1 saturated carbocycles. The van der Waals surface area contributed by atoms with Crippen LogP contribution >= 0.6 is 0 Å². The molecule has 2 N–H and O–H groups in total. The van der Waals surface area contributed by atoms with Gasteiger partial charge in [-0.1, -0.05) is 13.8 Å². The normalized spacial score (nSPS) is 14.8. The monoisotopic (exact) mass is 278 g/mol. The van der Waals surface area contributed by atoms with Crippen molar-refractivity contribution >= 4 is 0 Å². The standard InChI is InChI=1S/C15H26N4O/c1-4-12-13(10-16)15(18-17-14(12)5-2)20-9-8-19(3)11-6-7-11/h11H,4-10,16H2,1-3H3. The van der Waals surface area contributed by atoms with E-state index in [1.165, 1.54) is 18.4 Å². The number of aryl methyl sites for hydroxylation is 1. The quantitative estimate of drug-likeness (QED) is 0.781. The van der Waals surface area contributed by atoms with E-state index in [0.29, 0.717) is 19.0 Å². The Morgan fingerprint density at radius 1 is 1.20 bits per heavy atom. The highest BCUT2D eigenvalue weighted by atomic mass is 16.5. The van der Waals surface area contributed by atoms with E-state index in [1.807, 2.05) is 0 Å². The van der Waals surface area contributed by atoms with E-state index in [9.17, 15) is 0 Å². The summed E-state index contributed by atoms with van der Waals surface area (Å²) < 4.78 is 5.82. The minimum absolute atomic E-state index is 0.458. The van der Waals surface area contributed by atoms with Gasteiger partial charge in [0.1, 0.15) is 6.61 Å². The molecule has 0 radical (unpaired) electrons. The third-order valence-corrected chi connectivity index (χ3v) is 3.98. The fraction of sp³-hybridized carbons (Fsp3) is 0.733. The van der Waals surface area contributed by atoms with Gasteiger partial charge in [0.05, 0.1) is 5.69 Å². The second-order valence-corrected chi connectivity index (χ2v) is 5.38. The Morgan fingerprint density at radius 3 is 2.50 bits per heavy atom. The highest BCUT2D eigenvalue weighted by molar-refractivity contribution is 5.36. The number of aromatic nitrogens is 2. The molecule has 0 aliphatic heterocycles. The molecule has 1 aliphatic rings. The van der Waals surface area contributed by atoms with Crippen molar-refractivity contribution in [2.24, 2.45) is 5.73 Å². The fourth-order valence-electron chi connectivity index (χ4n) is 2.54. The van der Waals surface area contributed by atoms with Crippen molar-refractivity contribution in [1.29, 1.82) is 0 Å². The fourth-order valence-corrected chi connectivity index (χ4v) is 2.54. The molecule has 0 saturated heterocycles. The van der Waals surface area contributed by atoms with Gasteiger partial charge in [-0.25, -0.2) is 0 Å². The number of nitrogens with two attached hydrogens (primary N) is 1. The van der Waals surface area contributed by atoms with E-state index in [2.05, 4.69) is 36.0 Å². The van der Waals surface area contributed by atoms with Crippen LogP contribution in [0.1, 0.15) is 43.5 Å². The topological polar surface area (TPSA) is 64.3 Å². The SMILES string of the molecule is CCc1nnc(OCCN(C)C2CC2)c(CN)c1CC. The molecular weight excluding hydrogens is 252 g/mol. The molecule has 1 aliphatic carbocycles. The first-order valence-electron chi connectivity index (χ1n) is 7.61. The van der Waals surface area contributed by atoms with Crippen LogP contribution in [0.25, 0.3) is 0 Å². The zero-order valence-corrected chi connectivity index (χ0v) is 12.9. The van der Waals surface area contributed by atoms with Crippen molar-refractivity contribution in [1.82, 2.24) is 15.1 Å². The Balaban J connectivity index is 2.02. The molecule has 0 spiro atoms. The molecule has 0 unspecified atom stereocenters. The summed E-state index contributed by atoms with van der Waals surface area (Å²) in [6, 6.07) is 0.757. The number of nitrogens with zero attached hydrogens (tertiary/aromatic N) is 3. The van der Waals surface area contributed by atoms with E-state index in [-0.39, 0.29) is 0 Å². The zero-order chi connectivity index (χ0) is 14.5. The predicted molar refractivity (Wildman–Crippen MR) is 79.8 cm³/mol. The molecule has 1 aromatic rings. The first-order valence-corrected chi connectivity index (χ1v) is 7.61. The van der Waals surface area contributed by atoms with Crippen molar-refractivity contribution in [3.63, 3.8) is 0 Å². The van der Waals surface area contributed by atoms with E-state index in [4.69, 9.17) is 10.5 Å². The molecule has 20 heavy (non-hydrogen) atoms. The molecule has 1 aromatic heterocycles. The molecule has 112 valence electrons. The lowest BCUT2D eigenvalue weighted by Gasteiger charge is -2.18. The van der Waals surface area contributed by atoms with Gasteiger partial charge in [0, 0.05) is 24.7 Å². The first kappa shape index (κ1) is 15.2. The maximum absolute atomic E-state index is 5.88. The van der Waals surface area contributed by atoms with Gasteiger partial charge in [-0.15, -0.1) is 5.10 Å². The molecule has 5 nitrogen and oxygen atoms in total. The van der Waals surface area contributed by atoms with Crippen molar-refractivity contribution in [2.75, 3.05) is 20.2 Å². The third-order valence-electron chi connectivity index (χ3n) is 3.98. The first-order chi connectivity index (χ1) is 9.71. The van der Waals surface area contributed by atoms with Gasteiger partial charge in [-0.05, 0) is 38.3 Å². The van der Waals surface area contributed by atoms with Gasteiger partial charge in [-0.3, -0.25) is 0 Å².